The van der Waals surface area contributed by atoms with Gasteiger partial charge in [-0.05, 0) is 49.8 Å². The van der Waals surface area contributed by atoms with Crippen molar-refractivity contribution < 1.29 is 48.3 Å². The summed E-state index contributed by atoms with van der Waals surface area (Å²) >= 11 is 4.09. The normalized spacial score (nSPS) is 16.4. The number of primary amides is 2. The third-order valence-corrected chi connectivity index (χ3v) is 9.00. The van der Waals surface area contributed by atoms with Crippen molar-refractivity contribution in [3.05, 3.63) is 29.8 Å². The highest BCUT2D eigenvalue weighted by atomic mass is 32.1. The van der Waals surface area contributed by atoms with Gasteiger partial charge >= 0.3 is 0 Å². The summed E-state index contributed by atoms with van der Waals surface area (Å²) < 4.78 is 0. The average molecular weight is 793 g/mol. The van der Waals surface area contributed by atoms with E-state index in [0.717, 1.165) is 0 Å². The number of nitrogens with two attached hydrogens (primary N) is 3. The van der Waals surface area contributed by atoms with E-state index in [1.807, 2.05) is 0 Å². The number of hydrogen-bond acceptors (Lipinski definition) is 12. The molecule has 21 heteroatoms. The number of hydrogen-bond donors (Lipinski definition) is 11. The number of amides is 9. The van der Waals surface area contributed by atoms with E-state index in [-0.39, 0.29) is 50.3 Å². The van der Waals surface area contributed by atoms with Crippen molar-refractivity contribution in [2.75, 3.05) is 25.4 Å². The third-order valence-electron chi connectivity index (χ3n) is 8.64. The lowest BCUT2D eigenvalue weighted by atomic mass is 10.0. The predicted molar refractivity (Wildman–Crippen MR) is 200 cm³/mol. The van der Waals surface area contributed by atoms with Gasteiger partial charge in [-0.15, -0.1) is 0 Å². The van der Waals surface area contributed by atoms with Gasteiger partial charge in [0.15, 0.2) is 0 Å². The van der Waals surface area contributed by atoms with Crippen LogP contribution in [0.15, 0.2) is 24.3 Å². The van der Waals surface area contributed by atoms with E-state index in [1.165, 1.54) is 24.0 Å². The number of phenolic OH excluding ortho intramolecular Hbond substituents is 1. The second-order valence-corrected chi connectivity index (χ2v) is 13.7. The maximum atomic E-state index is 13.6. The van der Waals surface area contributed by atoms with Gasteiger partial charge in [-0.3, -0.25) is 43.2 Å². The molecule has 0 saturated carbocycles. The van der Waals surface area contributed by atoms with Crippen molar-refractivity contribution in [2.45, 2.75) is 89.1 Å². The molecule has 20 nitrogen and oxygen atoms in total. The molecule has 1 aromatic carbocycles. The van der Waals surface area contributed by atoms with E-state index in [0.29, 0.717) is 12.0 Å². The van der Waals surface area contributed by atoms with Gasteiger partial charge in [-0.2, -0.15) is 12.6 Å². The number of rotatable bonds is 21. The van der Waals surface area contributed by atoms with Crippen LogP contribution in [0.25, 0.3) is 0 Å². The highest BCUT2D eigenvalue weighted by Gasteiger charge is 2.38. The number of carbonyl (C=O) groups is 9. The minimum absolute atomic E-state index is 0.0143. The topological polar surface area (TPSA) is 327 Å². The van der Waals surface area contributed by atoms with Crippen LogP contribution in [0.3, 0.4) is 0 Å². The number of phenols is 1. The van der Waals surface area contributed by atoms with E-state index in [9.17, 15) is 48.3 Å². The number of benzene rings is 1. The van der Waals surface area contributed by atoms with Crippen LogP contribution in [0.1, 0.15) is 52.0 Å². The molecular formula is C34H52N10O10S. The predicted octanol–water partition coefficient (Wildman–Crippen LogP) is -4.22. The van der Waals surface area contributed by atoms with E-state index in [1.54, 1.807) is 26.0 Å². The van der Waals surface area contributed by atoms with Gasteiger partial charge in [0.25, 0.3) is 0 Å². The molecule has 1 aliphatic rings. The molecule has 0 aliphatic carbocycles. The summed E-state index contributed by atoms with van der Waals surface area (Å²) in [5.41, 5.74) is 16.5. The van der Waals surface area contributed by atoms with Crippen LogP contribution < -0.4 is 49.1 Å². The number of nitrogens with zero attached hydrogens (tertiary/aromatic N) is 1. The SMILES string of the molecule is CC(C)[C@H](NC(=O)[C@H](CCC(N)=O)NC(=O)CNC(=O)[C@@H]1CCCN1C(=O)[C@H](Cc1ccc(O)cc1)NC(=O)CN)C(=O)N[C@@H](CS)C(=O)N[C@@H](C)C(N)=O. The Morgan fingerprint density at radius 1 is 0.836 bits per heavy atom. The van der Waals surface area contributed by atoms with Gasteiger partial charge in [0.2, 0.25) is 53.2 Å². The van der Waals surface area contributed by atoms with Gasteiger partial charge in [0.05, 0.1) is 13.1 Å². The Morgan fingerprint density at radius 2 is 1.45 bits per heavy atom. The molecule has 304 valence electrons. The fourth-order valence-corrected chi connectivity index (χ4v) is 5.80. The standard InChI is InChI=1S/C34H52N10O10S/c1-17(2)28(33(53)42-23(16-55)31(51)39-18(3)29(37)49)43-30(50)21(10-11-25(36)46)40-27(48)15-38-32(52)24-5-4-12-44(24)34(54)22(41-26(47)14-35)13-19-6-8-20(45)9-7-19/h6-9,17-18,21-24,28,45,55H,4-5,10-16,35H2,1-3H3,(H2,36,46)(H2,37,49)(H,38,52)(H,39,51)(H,40,48)(H,41,47)(H,42,53)(H,43,50)/t18-,21-,22-,23-,24-,28-/m0/s1. The summed E-state index contributed by atoms with van der Waals surface area (Å²) in [6.45, 7) is 3.77. The summed E-state index contributed by atoms with van der Waals surface area (Å²) in [5.74, 6) is -7.29. The Labute approximate surface area is 323 Å². The quantitative estimate of drug-likeness (QED) is 0.0530. The lowest BCUT2D eigenvalue weighted by Gasteiger charge is -2.29. The second kappa shape index (κ2) is 22.1. The Balaban J connectivity index is 2.11. The second-order valence-electron chi connectivity index (χ2n) is 13.3. The van der Waals surface area contributed by atoms with Crippen LogP contribution in [0, 0.1) is 5.92 Å². The molecular weight excluding hydrogens is 741 g/mol. The molecule has 1 aromatic rings. The zero-order valence-corrected chi connectivity index (χ0v) is 31.9. The first-order valence-electron chi connectivity index (χ1n) is 17.6. The molecule has 1 aliphatic heterocycles. The molecule has 2 rings (SSSR count). The molecule has 1 saturated heterocycles. The summed E-state index contributed by atoms with van der Waals surface area (Å²) in [6, 6.07) is -0.889. The molecule has 0 radical (unpaired) electrons. The van der Waals surface area contributed by atoms with Crippen molar-refractivity contribution in [1.29, 1.82) is 0 Å². The zero-order valence-electron chi connectivity index (χ0n) is 31.0. The van der Waals surface area contributed by atoms with Crippen molar-refractivity contribution in [3.63, 3.8) is 0 Å². The average Bonchev–Trinajstić information content (AvgIpc) is 3.63. The van der Waals surface area contributed by atoms with Gasteiger partial charge in [0, 0.05) is 25.1 Å². The van der Waals surface area contributed by atoms with Crippen molar-refractivity contribution in [2.24, 2.45) is 23.1 Å². The number of aromatic hydroxyl groups is 1. The first kappa shape index (κ1) is 45.7. The van der Waals surface area contributed by atoms with Crippen LogP contribution in [0.2, 0.25) is 0 Å². The van der Waals surface area contributed by atoms with Crippen molar-refractivity contribution in [1.82, 2.24) is 36.8 Å². The van der Waals surface area contributed by atoms with Crippen LogP contribution in [0.4, 0.5) is 0 Å². The first-order chi connectivity index (χ1) is 25.9. The fraction of sp³-hybridized carbons (Fsp3) is 0.559. The lowest BCUT2D eigenvalue weighted by molar-refractivity contribution is -0.141. The summed E-state index contributed by atoms with van der Waals surface area (Å²) in [6.07, 6.45) is 0.181. The van der Waals surface area contributed by atoms with E-state index < -0.39 is 102 Å². The number of nitrogens with one attached hydrogen (secondary N) is 6. The zero-order chi connectivity index (χ0) is 41.4. The van der Waals surface area contributed by atoms with Crippen molar-refractivity contribution in [3.8, 4) is 5.75 Å². The molecule has 13 N–H and O–H groups in total. The van der Waals surface area contributed by atoms with Crippen LogP contribution >= 0.6 is 12.6 Å². The molecule has 0 spiro atoms. The van der Waals surface area contributed by atoms with E-state index in [2.05, 4.69) is 44.5 Å². The molecule has 1 heterocycles. The van der Waals surface area contributed by atoms with Crippen LogP contribution in [-0.2, 0) is 49.6 Å². The minimum atomic E-state index is -1.39. The molecule has 0 bridgehead atoms. The number of likely N-dealkylation sites (tertiary alicyclic amines) is 1. The van der Waals surface area contributed by atoms with E-state index in [4.69, 9.17) is 17.2 Å². The van der Waals surface area contributed by atoms with E-state index >= 15 is 0 Å². The molecule has 9 amide bonds. The smallest absolute Gasteiger partial charge is 0.246 e. The first-order valence-corrected chi connectivity index (χ1v) is 18.3. The summed E-state index contributed by atoms with van der Waals surface area (Å²) in [7, 11) is 0. The molecule has 55 heavy (non-hydrogen) atoms. The van der Waals surface area contributed by atoms with Gasteiger partial charge in [-0.1, -0.05) is 26.0 Å². The number of thiol groups is 1. The minimum Gasteiger partial charge on any atom is -0.508 e. The largest absolute Gasteiger partial charge is 0.508 e. The highest BCUT2D eigenvalue weighted by molar-refractivity contribution is 7.80. The third kappa shape index (κ3) is 14.7. The van der Waals surface area contributed by atoms with Gasteiger partial charge in [0.1, 0.15) is 42.0 Å². The Morgan fingerprint density at radius 3 is 2.02 bits per heavy atom. The summed E-state index contributed by atoms with van der Waals surface area (Å²) in [4.78, 5) is 116. The molecule has 0 unspecified atom stereocenters. The molecule has 6 atom stereocenters. The lowest BCUT2D eigenvalue weighted by Crippen LogP contribution is -2.60. The molecule has 0 aromatic heterocycles. The highest BCUT2D eigenvalue weighted by Crippen LogP contribution is 2.20. The van der Waals surface area contributed by atoms with Gasteiger partial charge in [-0.25, -0.2) is 0 Å². The Bertz CT molecular complexity index is 1580. The Kier molecular flexibility index (Phi) is 18.3. The summed E-state index contributed by atoms with van der Waals surface area (Å²) in [5, 5.41) is 24.4. The molecule has 1 fully saturated rings. The van der Waals surface area contributed by atoms with Crippen molar-refractivity contribution >= 4 is 65.8 Å². The van der Waals surface area contributed by atoms with Crippen LogP contribution in [-0.4, -0.2) is 125 Å². The van der Waals surface area contributed by atoms with Gasteiger partial charge < -0.3 is 59.1 Å². The maximum absolute atomic E-state index is 13.6. The fourth-order valence-electron chi connectivity index (χ4n) is 5.54. The van der Waals surface area contributed by atoms with Crippen LogP contribution in [0.5, 0.6) is 5.75 Å². The number of carbonyl (C=O) groups excluding carboxylic acids is 9. The maximum Gasteiger partial charge on any atom is 0.246 e. The Hall–Kier alpha value is -5.44. The monoisotopic (exact) mass is 792 g/mol.